The lowest BCUT2D eigenvalue weighted by molar-refractivity contribution is -0.114. The summed E-state index contributed by atoms with van der Waals surface area (Å²) in [5.74, 6) is -0.197. The molecular weight excluding hydrogens is 344 g/mol. The van der Waals surface area contributed by atoms with Crippen molar-refractivity contribution in [2.24, 2.45) is 0 Å². The molecule has 0 bridgehead atoms. The van der Waals surface area contributed by atoms with E-state index in [1.807, 2.05) is 13.8 Å². The monoisotopic (exact) mass is 362 g/mol. The minimum Gasteiger partial charge on any atom is -0.326 e. The van der Waals surface area contributed by atoms with Crippen molar-refractivity contribution in [1.29, 1.82) is 0 Å². The summed E-state index contributed by atoms with van der Waals surface area (Å²) in [7, 11) is -3.57. The Hall–Kier alpha value is -0.920. The van der Waals surface area contributed by atoms with Gasteiger partial charge in [0.15, 0.2) is 0 Å². The first-order chi connectivity index (χ1) is 9.16. The summed E-state index contributed by atoms with van der Waals surface area (Å²) in [5.41, 5.74) is 0.0368. The number of alkyl halides is 1. The van der Waals surface area contributed by atoms with Crippen LogP contribution in [0.3, 0.4) is 0 Å². The minimum atomic E-state index is -3.57. The van der Waals surface area contributed by atoms with E-state index >= 15 is 0 Å². The molecule has 1 aromatic rings. The Labute approximate surface area is 128 Å². The molecule has 0 heterocycles. The molecule has 0 fully saturated rings. The lowest BCUT2D eigenvalue weighted by atomic mass is 10.0. The number of amides is 1. The molecule has 0 aliphatic carbocycles. The highest BCUT2D eigenvalue weighted by Gasteiger charge is 2.25. The van der Waals surface area contributed by atoms with Crippen LogP contribution in [0.2, 0.25) is 0 Å². The highest BCUT2D eigenvalue weighted by atomic mass is 79.9. The summed E-state index contributed by atoms with van der Waals surface area (Å²) < 4.78 is 27.1. The van der Waals surface area contributed by atoms with Crippen LogP contribution in [0.1, 0.15) is 27.2 Å². The number of benzene rings is 1. The predicted octanol–water partition coefficient (Wildman–Crippen LogP) is 2.49. The average molecular weight is 363 g/mol. The van der Waals surface area contributed by atoms with Crippen molar-refractivity contribution in [3.05, 3.63) is 24.3 Å². The summed E-state index contributed by atoms with van der Waals surface area (Å²) >= 11 is 3.31. The molecule has 112 valence electrons. The van der Waals surface area contributed by atoms with E-state index in [4.69, 9.17) is 0 Å². The van der Waals surface area contributed by atoms with Crippen molar-refractivity contribution < 1.29 is 13.2 Å². The smallest absolute Gasteiger partial charge is 0.241 e. The second-order valence-corrected chi connectivity index (χ2v) is 7.61. The maximum atomic E-state index is 12.2. The summed E-state index contributed by atoms with van der Waals surface area (Å²) in [6, 6.07) is 6.07. The Morgan fingerprint density at radius 3 is 2.25 bits per heavy atom. The van der Waals surface area contributed by atoms with Gasteiger partial charge in [0.1, 0.15) is 0 Å². The molecule has 0 atom stereocenters. The Morgan fingerprint density at radius 2 is 1.80 bits per heavy atom. The number of halogens is 1. The lowest BCUT2D eigenvalue weighted by Gasteiger charge is -2.25. The second-order valence-electron chi connectivity index (χ2n) is 5.13. The van der Waals surface area contributed by atoms with Gasteiger partial charge in [-0.3, -0.25) is 4.79 Å². The largest absolute Gasteiger partial charge is 0.326 e. The number of rotatable bonds is 6. The van der Waals surface area contributed by atoms with Crippen LogP contribution in [-0.2, 0) is 14.8 Å². The molecule has 0 aromatic heterocycles. The molecule has 0 spiro atoms. The van der Waals surface area contributed by atoms with E-state index < -0.39 is 15.6 Å². The van der Waals surface area contributed by atoms with Crippen LogP contribution in [0, 0.1) is 0 Å². The fraction of sp³-hybridized carbons (Fsp3) is 0.462. The molecule has 1 amide bonds. The first kappa shape index (κ1) is 17.1. The highest BCUT2D eigenvalue weighted by Crippen LogP contribution is 2.18. The first-order valence-electron chi connectivity index (χ1n) is 6.14. The predicted molar refractivity (Wildman–Crippen MR) is 83.6 cm³/mol. The Morgan fingerprint density at radius 1 is 1.25 bits per heavy atom. The van der Waals surface area contributed by atoms with Gasteiger partial charge < -0.3 is 5.32 Å². The number of nitrogens with one attached hydrogen (secondary N) is 2. The lowest BCUT2D eigenvalue weighted by Crippen LogP contribution is -2.43. The quantitative estimate of drug-likeness (QED) is 0.763. The van der Waals surface area contributed by atoms with Crippen molar-refractivity contribution >= 4 is 37.5 Å². The standard InChI is InChI=1S/C13H19BrN2O3S/c1-10(17)15-11-4-6-12(7-5-11)20(18,19)16-13(2,3)8-9-14/h4-7,16H,8-9H2,1-3H3,(H,15,17). The van der Waals surface area contributed by atoms with Crippen LogP contribution < -0.4 is 10.0 Å². The van der Waals surface area contributed by atoms with Crippen LogP contribution in [0.25, 0.3) is 0 Å². The number of hydrogen-bond donors (Lipinski definition) is 2. The maximum absolute atomic E-state index is 12.2. The molecule has 7 heteroatoms. The van der Waals surface area contributed by atoms with Crippen LogP contribution in [0.4, 0.5) is 5.69 Å². The third-order valence-electron chi connectivity index (χ3n) is 2.62. The van der Waals surface area contributed by atoms with E-state index in [0.29, 0.717) is 17.4 Å². The van der Waals surface area contributed by atoms with Gasteiger partial charge in [-0.1, -0.05) is 15.9 Å². The number of hydrogen-bond acceptors (Lipinski definition) is 3. The second kappa shape index (κ2) is 6.69. The van der Waals surface area contributed by atoms with E-state index in [2.05, 4.69) is 26.0 Å². The number of carbonyl (C=O) groups excluding carboxylic acids is 1. The van der Waals surface area contributed by atoms with E-state index in [1.54, 1.807) is 12.1 Å². The van der Waals surface area contributed by atoms with Crippen LogP contribution in [0.5, 0.6) is 0 Å². The van der Waals surface area contributed by atoms with Gasteiger partial charge in [-0.25, -0.2) is 13.1 Å². The van der Waals surface area contributed by atoms with Gasteiger partial charge in [-0.05, 0) is 44.5 Å². The van der Waals surface area contributed by atoms with E-state index in [1.165, 1.54) is 19.1 Å². The van der Waals surface area contributed by atoms with Gasteiger partial charge >= 0.3 is 0 Å². The molecule has 0 unspecified atom stereocenters. The molecule has 0 radical (unpaired) electrons. The zero-order chi connectivity index (χ0) is 15.4. The maximum Gasteiger partial charge on any atom is 0.241 e. The fourth-order valence-corrected chi connectivity index (χ4v) is 4.06. The molecule has 20 heavy (non-hydrogen) atoms. The molecule has 5 nitrogen and oxygen atoms in total. The van der Waals surface area contributed by atoms with Crippen molar-refractivity contribution in [2.45, 2.75) is 37.6 Å². The van der Waals surface area contributed by atoms with Crippen molar-refractivity contribution in [1.82, 2.24) is 4.72 Å². The molecule has 0 saturated carbocycles. The van der Waals surface area contributed by atoms with Crippen LogP contribution >= 0.6 is 15.9 Å². The van der Waals surface area contributed by atoms with Gasteiger partial charge in [0.25, 0.3) is 0 Å². The van der Waals surface area contributed by atoms with Crippen molar-refractivity contribution in [3.8, 4) is 0 Å². The SMILES string of the molecule is CC(=O)Nc1ccc(S(=O)(=O)NC(C)(C)CCBr)cc1. The molecule has 2 N–H and O–H groups in total. The van der Waals surface area contributed by atoms with Crippen LogP contribution in [-0.4, -0.2) is 25.2 Å². The zero-order valence-electron chi connectivity index (χ0n) is 11.7. The third kappa shape index (κ3) is 5.22. The number of anilines is 1. The molecule has 1 rings (SSSR count). The van der Waals surface area contributed by atoms with Gasteiger partial charge in [0.05, 0.1) is 4.90 Å². The molecule has 1 aromatic carbocycles. The molecule has 0 aliphatic heterocycles. The zero-order valence-corrected chi connectivity index (χ0v) is 14.1. The number of carbonyl (C=O) groups is 1. The van der Waals surface area contributed by atoms with E-state index in [-0.39, 0.29) is 10.8 Å². The summed E-state index contributed by atoms with van der Waals surface area (Å²) in [5, 5.41) is 3.30. The Kier molecular flexibility index (Phi) is 5.73. The Balaban J connectivity index is 2.90. The topological polar surface area (TPSA) is 75.3 Å². The van der Waals surface area contributed by atoms with Gasteiger partial charge in [0.2, 0.25) is 15.9 Å². The number of sulfonamides is 1. The van der Waals surface area contributed by atoms with Gasteiger partial charge in [-0.2, -0.15) is 0 Å². The summed E-state index contributed by atoms with van der Waals surface area (Å²) in [6.07, 6.45) is 0.677. The summed E-state index contributed by atoms with van der Waals surface area (Å²) in [6.45, 7) is 5.06. The van der Waals surface area contributed by atoms with Crippen LogP contribution in [0.15, 0.2) is 29.2 Å². The van der Waals surface area contributed by atoms with Gasteiger partial charge in [0, 0.05) is 23.5 Å². The minimum absolute atomic E-state index is 0.175. The molecule has 0 saturated heterocycles. The Bertz CT molecular complexity index is 568. The average Bonchev–Trinajstić information content (AvgIpc) is 2.27. The van der Waals surface area contributed by atoms with E-state index in [0.717, 1.165) is 0 Å². The third-order valence-corrected chi connectivity index (χ3v) is 4.73. The molecular formula is C13H19BrN2O3S. The van der Waals surface area contributed by atoms with Gasteiger partial charge in [-0.15, -0.1) is 0 Å². The highest BCUT2D eigenvalue weighted by molar-refractivity contribution is 9.09. The fourth-order valence-electron chi connectivity index (χ4n) is 1.63. The summed E-state index contributed by atoms with van der Waals surface area (Å²) in [4.78, 5) is 11.1. The van der Waals surface area contributed by atoms with Crippen molar-refractivity contribution in [2.75, 3.05) is 10.6 Å². The normalized spacial score (nSPS) is 12.2. The van der Waals surface area contributed by atoms with E-state index in [9.17, 15) is 13.2 Å². The molecule has 0 aliphatic rings. The van der Waals surface area contributed by atoms with Crippen molar-refractivity contribution in [3.63, 3.8) is 0 Å². The first-order valence-corrected chi connectivity index (χ1v) is 8.74.